The van der Waals surface area contributed by atoms with Crippen LogP contribution in [-0.2, 0) is 0 Å². The summed E-state index contributed by atoms with van der Waals surface area (Å²) in [6, 6.07) is 8.46. The molecular weight excluding hydrogens is 238 g/mol. The lowest BCUT2D eigenvalue weighted by atomic mass is 10.2. The maximum Gasteiger partial charge on any atom is 0.0807 e. The Morgan fingerprint density at radius 1 is 1.31 bits per heavy atom. The molecule has 1 aromatic heterocycles. The fraction of sp³-hybridized carbons (Fsp3) is 0.0909. The first-order valence-electron chi connectivity index (χ1n) is 4.92. The molecule has 16 heavy (non-hydrogen) atoms. The number of H-pyrrole nitrogens is 1. The number of nitrogens with one attached hydrogen (secondary N) is 2. The largest absolute Gasteiger partial charge is 0.361 e. The van der Waals surface area contributed by atoms with Crippen molar-refractivity contribution in [3.8, 4) is 0 Å². The second kappa shape index (κ2) is 3.99. The van der Waals surface area contributed by atoms with Gasteiger partial charge in [-0.3, -0.25) is 5.43 Å². The van der Waals surface area contributed by atoms with Gasteiger partial charge in [-0.2, -0.15) is 0 Å². The minimum absolute atomic E-state index is 1.16. The quantitative estimate of drug-likeness (QED) is 0.800. The summed E-state index contributed by atoms with van der Waals surface area (Å²) in [6.07, 6.45) is 6.07. The van der Waals surface area contributed by atoms with Gasteiger partial charge in [0.1, 0.15) is 0 Å². The number of nitrogens with zero attached hydrogens (tertiary/aromatic N) is 1. The van der Waals surface area contributed by atoms with E-state index in [1.807, 2.05) is 12.4 Å². The molecule has 0 radical (unpaired) electrons. The zero-order valence-corrected chi connectivity index (χ0v) is 10.4. The lowest BCUT2D eigenvalue weighted by molar-refractivity contribution is 0.982. The van der Waals surface area contributed by atoms with E-state index in [2.05, 4.69) is 45.3 Å². The molecule has 2 N–H and O–H groups in total. The van der Waals surface area contributed by atoms with Crippen LogP contribution in [0.3, 0.4) is 0 Å². The summed E-state index contributed by atoms with van der Waals surface area (Å²) in [5.41, 5.74) is 5.57. The number of anilines is 1. The van der Waals surface area contributed by atoms with Gasteiger partial charge in [-0.15, -0.1) is 11.8 Å². The Hall–Kier alpha value is -1.20. The van der Waals surface area contributed by atoms with Gasteiger partial charge in [0, 0.05) is 35.2 Å². The molecule has 0 unspecified atom stereocenters. The predicted molar refractivity (Wildman–Crippen MR) is 73.1 cm³/mol. The van der Waals surface area contributed by atoms with Crippen molar-refractivity contribution in [3.05, 3.63) is 40.9 Å². The zero-order valence-electron chi connectivity index (χ0n) is 8.73. The van der Waals surface area contributed by atoms with Crippen LogP contribution in [0.5, 0.6) is 0 Å². The number of rotatable bonds is 2. The number of hydrogen-bond donors (Lipinski definition) is 2. The summed E-state index contributed by atoms with van der Waals surface area (Å²) in [5.74, 6) is 0. The highest BCUT2D eigenvalue weighted by molar-refractivity contribution is 8.22. The molecule has 0 aliphatic carbocycles. The number of thioether (sulfide) groups is 1. The molecule has 3 nitrogen and oxygen atoms in total. The molecule has 1 aromatic carbocycles. The minimum atomic E-state index is 1.16. The van der Waals surface area contributed by atoms with Crippen molar-refractivity contribution in [3.63, 3.8) is 0 Å². The number of fused-ring (bicyclic) bond motifs is 1. The molecular formula is C11H11N3S2. The van der Waals surface area contributed by atoms with Crippen LogP contribution in [-0.4, -0.2) is 11.2 Å². The topological polar surface area (TPSA) is 31.1 Å². The summed E-state index contributed by atoms with van der Waals surface area (Å²) in [5, 5.41) is 1.23. The fourth-order valence-corrected chi connectivity index (χ4v) is 2.95. The third-order valence-corrected chi connectivity index (χ3v) is 4.49. The van der Waals surface area contributed by atoms with Crippen LogP contribution < -0.4 is 9.84 Å². The van der Waals surface area contributed by atoms with Crippen molar-refractivity contribution >= 4 is 40.3 Å². The maximum absolute atomic E-state index is 3.23. The van der Waals surface area contributed by atoms with E-state index in [4.69, 9.17) is 0 Å². The Bertz CT molecular complexity index is 547. The smallest absolute Gasteiger partial charge is 0.0807 e. The SMILES string of the molecule is CSC1=CNN(c2ccc3[nH]ccc3c2)S1. The fourth-order valence-electron chi connectivity index (χ4n) is 1.64. The van der Waals surface area contributed by atoms with Gasteiger partial charge >= 0.3 is 0 Å². The lowest BCUT2D eigenvalue weighted by Crippen LogP contribution is -2.22. The number of aromatic nitrogens is 1. The Balaban J connectivity index is 1.90. The Morgan fingerprint density at radius 2 is 2.25 bits per heavy atom. The monoisotopic (exact) mass is 249 g/mol. The zero-order chi connectivity index (χ0) is 11.0. The summed E-state index contributed by atoms with van der Waals surface area (Å²) < 4.78 is 3.34. The first-order valence-corrected chi connectivity index (χ1v) is 6.92. The number of benzene rings is 1. The average molecular weight is 249 g/mol. The third-order valence-electron chi connectivity index (χ3n) is 2.45. The molecule has 0 bridgehead atoms. The Kier molecular flexibility index (Phi) is 2.49. The molecule has 2 heterocycles. The second-order valence-electron chi connectivity index (χ2n) is 3.43. The molecule has 1 aliphatic rings. The van der Waals surface area contributed by atoms with E-state index in [0.29, 0.717) is 0 Å². The molecule has 0 saturated heterocycles. The highest BCUT2D eigenvalue weighted by Crippen LogP contribution is 2.36. The maximum atomic E-state index is 3.23. The molecule has 0 spiro atoms. The van der Waals surface area contributed by atoms with Crippen molar-refractivity contribution in [1.29, 1.82) is 0 Å². The van der Waals surface area contributed by atoms with Crippen LogP contribution in [0.25, 0.3) is 10.9 Å². The molecule has 0 amide bonds. The van der Waals surface area contributed by atoms with Crippen molar-refractivity contribution in [2.24, 2.45) is 0 Å². The van der Waals surface area contributed by atoms with Crippen LogP contribution in [0.15, 0.2) is 40.9 Å². The van der Waals surface area contributed by atoms with Crippen molar-refractivity contribution in [1.82, 2.24) is 10.4 Å². The van der Waals surface area contributed by atoms with Crippen molar-refractivity contribution < 1.29 is 0 Å². The van der Waals surface area contributed by atoms with E-state index in [1.54, 1.807) is 23.7 Å². The molecule has 2 aromatic rings. The number of hydrazine groups is 1. The Labute approximate surface area is 102 Å². The van der Waals surface area contributed by atoms with Crippen LogP contribution in [0.4, 0.5) is 5.69 Å². The van der Waals surface area contributed by atoms with E-state index in [1.165, 1.54) is 15.1 Å². The van der Waals surface area contributed by atoms with Gasteiger partial charge in [-0.25, -0.2) is 4.41 Å². The standard InChI is InChI=1S/C11H11N3S2/c1-15-11-7-13-14(16-11)9-2-3-10-8(6-9)4-5-12-10/h2-7,12-13H,1H3. The van der Waals surface area contributed by atoms with E-state index < -0.39 is 0 Å². The van der Waals surface area contributed by atoms with Crippen LogP contribution >= 0.6 is 23.7 Å². The van der Waals surface area contributed by atoms with E-state index in [9.17, 15) is 0 Å². The normalized spacial score (nSPS) is 15.3. The average Bonchev–Trinajstić information content (AvgIpc) is 2.96. The number of aromatic amines is 1. The number of hydrogen-bond acceptors (Lipinski definition) is 4. The summed E-state index contributed by atoms with van der Waals surface area (Å²) in [7, 11) is 0. The summed E-state index contributed by atoms with van der Waals surface area (Å²) >= 11 is 3.46. The van der Waals surface area contributed by atoms with Gasteiger partial charge in [0.05, 0.1) is 9.92 Å². The van der Waals surface area contributed by atoms with Gasteiger partial charge in [0.25, 0.3) is 0 Å². The van der Waals surface area contributed by atoms with E-state index in [0.717, 1.165) is 5.69 Å². The van der Waals surface area contributed by atoms with Gasteiger partial charge in [-0.1, -0.05) is 0 Å². The minimum Gasteiger partial charge on any atom is -0.361 e. The van der Waals surface area contributed by atoms with E-state index in [-0.39, 0.29) is 0 Å². The first kappa shape index (κ1) is 9.99. The first-order chi connectivity index (χ1) is 7.86. The van der Waals surface area contributed by atoms with Crippen molar-refractivity contribution in [2.45, 2.75) is 0 Å². The third kappa shape index (κ3) is 1.66. The van der Waals surface area contributed by atoms with Gasteiger partial charge in [0.2, 0.25) is 0 Å². The van der Waals surface area contributed by atoms with Crippen LogP contribution in [0.2, 0.25) is 0 Å². The van der Waals surface area contributed by atoms with Gasteiger partial charge < -0.3 is 4.98 Å². The molecule has 0 atom stereocenters. The van der Waals surface area contributed by atoms with Crippen LogP contribution in [0, 0.1) is 0 Å². The summed E-state index contributed by atoms with van der Waals surface area (Å²) in [6.45, 7) is 0. The highest BCUT2D eigenvalue weighted by atomic mass is 32.2. The van der Waals surface area contributed by atoms with Gasteiger partial charge in [-0.05, 0) is 30.5 Å². The van der Waals surface area contributed by atoms with Crippen molar-refractivity contribution in [2.75, 3.05) is 10.7 Å². The predicted octanol–water partition coefficient (Wildman–Crippen LogP) is 3.30. The van der Waals surface area contributed by atoms with E-state index >= 15 is 0 Å². The highest BCUT2D eigenvalue weighted by Gasteiger charge is 2.15. The molecule has 82 valence electrons. The van der Waals surface area contributed by atoms with Gasteiger partial charge in [0.15, 0.2) is 0 Å². The second-order valence-corrected chi connectivity index (χ2v) is 5.53. The molecule has 0 fully saturated rings. The Morgan fingerprint density at radius 3 is 3.06 bits per heavy atom. The summed E-state index contributed by atoms with van der Waals surface area (Å²) in [4.78, 5) is 3.19. The molecule has 1 aliphatic heterocycles. The lowest BCUT2D eigenvalue weighted by Gasteiger charge is -2.16. The molecule has 3 rings (SSSR count). The van der Waals surface area contributed by atoms with Crippen LogP contribution in [0.1, 0.15) is 0 Å². The molecule has 0 saturated carbocycles. The molecule has 5 heteroatoms.